The normalized spacial score (nSPS) is 20.2. The first-order chi connectivity index (χ1) is 7.59. The Balaban J connectivity index is 0.00000289. The van der Waals surface area contributed by atoms with Crippen LogP contribution in [0.4, 0.5) is 0 Å². The minimum absolute atomic E-state index is 0. The van der Waals surface area contributed by atoms with Crippen LogP contribution in [0.15, 0.2) is 22.3 Å². The molecule has 18 heavy (non-hydrogen) atoms. The number of nitrogens with one attached hydrogen (secondary N) is 1. The number of allylic oxidation sites excluding steroid dienone is 3. The average Bonchev–Trinajstić information content (AvgIpc) is 2.33. The zero-order valence-electron chi connectivity index (χ0n) is 13.3. The van der Waals surface area contributed by atoms with Crippen molar-refractivity contribution in [3.8, 4) is 0 Å². The summed E-state index contributed by atoms with van der Waals surface area (Å²) in [5.41, 5.74) is 13.8. The van der Waals surface area contributed by atoms with Crippen molar-refractivity contribution in [2.75, 3.05) is 0 Å². The van der Waals surface area contributed by atoms with Crippen LogP contribution in [0, 0.1) is 5.92 Å². The van der Waals surface area contributed by atoms with Gasteiger partial charge in [-0.3, -0.25) is 0 Å². The van der Waals surface area contributed by atoms with Crippen LogP contribution in [0.3, 0.4) is 0 Å². The van der Waals surface area contributed by atoms with Crippen LogP contribution in [0.25, 0.3) is 5.73 Å². The Morgan fingerprint density at radius 1 is 1.11 bits per heavy atom. The second kappa shape index (κ2) is 6.07. The second-order valence-corrected chi connectivity index (χ2v) is 8.57. The van der Waals surface area contributed by atoms with Gasteiger partial charge in [0.25, 0.3) is 0 Å². The molecule has 0 aromatic rings. The molecule has 0 aromatic carbocycles. The summed E-state index contributed by atoms with van der Waals surface area (Å²) in [6.07, 6.45) is 0. The van der Waals surface area contributed by atoms with E-state index in [0.29, 0.717) is 5.92 Å². The average molecular weight is 314 g/mol. The van der Waals surface area contributed by atoms with Crippen molar-refractivity contribution in [1.82, 2.24) is 0 Å². The summed E-state index contributed by atoms with van der Waals surface area (Å²) in [6.45, 7) is 17.7. The fourth-order valence-corrected chi connectivity index (χ4v) is 5.19. The van der Waals surface area contributed by atoms with Crippen LogP contribution in [0.5, 0.6) is 0 Å². The first kappa shape index (κ1) is 18.2. The molecule has 0 saturated carbocycles. The molecular weight excluding hydrogens is 288 g/mol. The van der Waals surface area contributed by atoms with Crippen molar-refractivity contribution in [2.45, 2.75) is 60.2 Å². The van der Waals surface area contributed by atoms with Crippen molar-refractivity contribution in [1.29, 1.82) is 0 Å². The molecule has 0 fully saturated rings. The van der Waals surface area contributed by atoms with E-state index in [9.17, 15) is 0 Å². The molecule has 1 N–H and O–H groups in total. The molecule has 1 aliphatic carbocycles. The van der Waals surface area contributed by atoms with E-state index in [-0.39, 0.29) is 19.5 Å². The first-order valence-corrected chi connectivity index (χ1v) is 8.90. The first-order valence-electron chi connectivity index (χ1n) is 6.40. The van der Waals surface area contributed by atoms with Gasteiger partial charge in [-0.1, -0.05) is 44.6 Å². The zero-order chi connectivity index (χ0) is 13.5. The predicted molar refractivity (Wildman–Crippen MR) is 81.1 cm³/mol. The quantitative estimate of drug-likeness (QED) is 0.664. The Hall–Kier alpha value is 0.150. The summed E-state index contributed by atoms with van der Waals surface area (Å²) >= 11 is 0. The van der Waals surface area contributed by atoms with Gasteiger partial charge in [0.15, 0.2) is 0 Å². The molecule has 98 valence electrons. The monoisotopic (exact) mass is 312 g/mol. The zero-order valence-corrected chi connectivity index (χ0v) is 17.3. The summed E-state index contributed by atoms with van der Waals surface area (Å²) in [5.74, 6) is 0.509. The van der Waals surface area contributed by atoms with Gasteiger partial charge in [-0.25, -0.2) is 0 Å². The number of rotatable bonds is 2. The smallest absolute Gasteiger partial charge is 0.00626 e. The van der Waals surface area contributed by atoms with Gasteiger partial charge in [0.05, 0.1) is 0 Å². The van der Waals surface area contributed by atoms with Crippen molar-refractivity contribution >= 4 is 13.6 Å². The third-order valence-corrected chi connectivity index (χ3v) is 5.93. The van der Waals surface area contributed by atoms with E-state index >= 15 is 0 Å². The molecule has 1 nitrogen and oxygen atoms in total. The van der Waals surface area contributed by atoms with Gasteiger partial charge < -0.3 is 5.73 Å². The maximum atomic E-state index is 8.43. The maximum absolute atomic E-state index is 8.43. The number of hydrogen-bond acceptors (Lipinski definition) is 0. The molecule has 1 rings (SSSR count). The van der Waals surface area contributed by atoms with Gasteiger partial charge in [0.2, 0.25) is 0 Å². The molecule has 0 spiro atoms. The fraction of sp³-hybridized carbons (Fsp3) is 0.667. The second-order valence-electron chi connectivity index (χ2n) is 6.07. The summed E-state index contributed by atoms with van der Waals surface area (Å²) in [5, 5.41) is 1.41. The third kappa shape index (κ3) is 3.18. The SMILES string of the molecule is CC1=C(C)C(C)C(C(=[Si](C)C)C(C)(C)[NH-])=C1C.[Zn]. The van der Waals surface area contributed by atoms with E-state index in [1.807, 2.05) is 13.8 Å². The van der Waals surface area contributed by atoms with E-state index in [1.165, 1.54) is 27.5 Å². The Kier molecular flexibility index (Phi) is 6.12. The fourth-order valence-electron chi connectivity index (χ4n) is 3.00. The van der Waals surface area contributed by atoms with Gasteiger partial charge in [0, 0.05) is 33.8 Å². The molecule has 0 heterocycles. The van der Waals surface area contributed by atoms with E-state index in [0.717, 1.165) is 0 Å². The third-order valence-electron chi connectivity index (χ3n) is 4.03. The Bertz CT molecular complexity index is 432. The molecular formula is C15H26NSiZn-. The van der Waals surface area contributed by atoms with E-state index in [2.05, 4.69) is 40.8 Å². The van der Waals surface area contributed by atoms with Crippen LogP contribution in [0.1, 0.15) is 41.5 Å². The summed E-state index contributed by atoms with van der Waals surface area (Å²) < 4.78 is 0. The van der Waals surface area contributed by atoms with Gasteiger partial charge in [-0.05, 0) is 37.5 Å². The van der Waals surface area contributed by atoms with E-state index < -0.39 is 13.9 Å². The van der Waals surface area contributed by atoms with E-state index in [1.54, 1.807) is 0 Å². The van der Waals surface area contributed by atoms with Crippen molar-refractivity contribution in [2.24, 2.45) is 5.92 Å². The molecule has 1 aliphatic rings. The minimum atomic E-state index is -0.580. The Morgan fingerprint density at radius 2 is 1.56 bits per heavy atom. The van der Waals surface area contributed by atoms with Gasteiger partial charge in [-0.2, -0.15) is 0 Å². The molecule has 0 radical (unpaired) electrons. The van der Waals surface area contributed by atoms with Gasteiger partial charge in [0.1, 0.15) is 0 Å². The molecule has 1 atom stereocenters. The largest absolute Gasteiger partial charge is 0.669 e. The van der Waals surface area contributed by atoms with Crippen LogP contribution in [-0.2, 0) is 19.5 Å². The topological polar surface area (TPSA) is 23.8 Å². The maximum Gasteiger partial charge on any atom is 0.00626 e. The van der Waals surface area contributed by atoms with Crippen LogP contribution < -0.4 is 0 Å². The van der Waals surface area contributed by atoms with Crippen LogP contribution in [-0.4, -0.2) is 19.1 Å². The van der Waals surface area contributed by atoms with Crippen molar-refractivity contribution in [3.63, 3.8) is 0 Å². The summed E-state index contributed by atoms with van der Waals surface area (Å²) in [6, 6.07) is 0. The molecule has 3 heteroatoms. The van der Waals surface area contributed by atoms with Gasteiger partial charge >= 0.3 is 0 Å². The van der Waals surface area contributed by atoms with Crippen LogP contribution in [0.2, 0.25) is 13.1 Å². The van der Waals surface area contributed by atoms with Crippen LogP contribution >= 0.6 is 0 Å². The molecule has 0 aliphatic heterocycles. The molecule has 0 bridgehead atoms. The van der Waals surface area contributed by atoms with Crippen molar-refractivity contribution < 1.29 is 19.5 Å². The predicted octanol–water partition coefficient (Wildman–Crippen LogP) is 4.63. The molecule has 0 saturated heterocycles. The van der Waals surface area contributed by atoms with Crippen molar-refractivity contribution in [3.05, 3.63) is 28.0 Å². The van der Waals surface area contributed by atoms with E-state index in [4.69, 9.17) is 5.73 Å². The molecule has 1 unspecified atom stereocenters. The standard InChI is InChI=1S/C15H26NSi.Zn/c1-9-10(2)12(4)13(11(9)3)14(17(7)8)15(5,6)16;/h11,16H,1-8H3;/q-1;. The summed E-state index contributed by atoms with van der Waals surface area (Å²) in [7, 11) is -0.580. The molecule has 0 aromatic heterocycles. The Morgan fingerprint density at radius 3 is 1.78 bits per heavy atom. The molecule has 0 amide bonds. The number of hydrogen-bond donors (Lipinski definition) is 0. The Labute approximate surface area is 127 Å². The van der Waals surface area contributed by atoms with Gasteiger partial charge in [-0.15, -0.1) is 5.54 Å². The summed E-state index contributed by atoms with van der Waals surface area (Å²) in [4.78, 5) is 0. The minimum Gasteiger partial charge on any atom is -0.669 e.